The van der Waals surface area contributed by atoms with Crippen molar-refractivity contribution in [2.24, 2.45) is 10.9 Å². The van der Waals surface area contributed by atoms with E-state index in [4.69, 9.17) is 24.2 Å². The van der Waals surface area contributed by atoms with Crippen molar-refractivity contribution in [3.05, 3.63) is 65.6 Å². The van der Waals surface area contributed by atoms with Crippen LogP contribution < -0.4 is 4.74 Å². The Morgan fingerprint density at radius 2 is 1.94 bits per heavy atom. The molecule has 48 heavy (non-hydrogen) atoms. The topological polar surface area (TPSA) is 92.3 Å². The number of likely N-dealkylation sites (tertiary alicyclic amines) is 2. The van der Waals surface area contributed by atoms with Gasteiger partial charge < -0.3 is 19.2 Å². The molecule has 5 heterocycles. The van der Waals surface area contributed by atoms with Gasteiger partial charge in [-0.15, -0.1) is 0 Å². The summed E-state index contributed by atoms with van der Waals surface area (Å²) in [4.78, 5) is 30.8. The van der Waals surface area contributed by atoms with Crippen LogP contribution in [0, 0.1) is 5.92 Å². The summed E-state index contributed by atoms with van der Waals surface area (Å²) in [7, 11) is 3.93. The number of methoxy groups -OCH3 is 1. The molecule has 4 aliphatic rings. The number of nitrogens with one attached hydrogen (secondary N) is 1. The first-order valence-corrected chi connectivity index (χ1v) is 17.2. The minimum atomic E-state index is -0.575. The van der Waals surface area contributed by atoms with Gasteiger partial charge in [-0.25, -0.2) is 9.78 Å². The van der Waals surface area contributed by atoms with E-state index in [2.05, 4.69) is 66.3 Å². The van der Waals surface area contributed by atoms with Crippen molar-refractivity contribution >= 4 is 28.3 Å². The fraction of sp³-hybridized carbons (Fsp3) is 0.462. The van der Waals surface area contributed by atoms with Crippen molar-refractivity contribution in [1.82, 2.24) is 19.8 Å². The van der Waals surface area contributed by atoms with Crippen molar-refractivity contribution in [2.75, 3.05) is 27.3 Å². The molecule has 4 aliphatic heterocycles. The van der Waals surface area contributed by atoms with Gasteiger partial charge in [0.15, 0.2) is 0 Å². The standard InChI is InChI=1S/C39H45N5O4/c1-22-7-12-34(43(22)5)32-16-29-28-17-36-30(15-24(28)9-11-31(29)41-32)27-10-8-25(14-26(27)21-47-36)33-18-40-37(42-33)35-13-23(20-46-6)19-44(35)38(45)48-39(2,3)4/h8-11,14-15,17-18,22-23,34-35H,7,12-13,16,19-21H2,1-6H3,(H,40,42)/t22-,23-,34?,35-/m0/s1. The molecule has 0 spiro atoms. The van der Waals surface area contributed by atoms with Gasteiger partial charge in [-0.2, -0.15) is 0 Å². The van der Waals surface area contributed by atoms with Crippen LogP contribution in [0.2, 0.25) is 0 Å². The number of imidazole rings is 1. The number of hydrogen-bond acceptors (Lipinski definition) is 7. The largest absolute Gasteiger partial charge is 0.488 e. The second-order valence-corrected chi connectivity index (χ2v) is 15.1. The van der Waals surface area contributed by atoms with Gasteiger partial charge in [0.25, 0.3) is 0 Å². The van der Waals surface area contributed by atoms with E-state index < -0.39 is 5.60 Å². The summed E-state index contributed by atoms with van der Waals surface area (Å²) in [6.45, 7) is 9.63. The highest BCUT2D eigenvalue weighted by Crippen LogP contribution is 2.45. The SMILES string of the molecule is COC[C@H]1C[C@@H](c2ncc(-c3ccc4c(c3)COc3cc5c6c(ccc5cc3-4)N=C(C3CC[C@H](C)N3C)C6)[nH]2)N(C(=O)OC(C)(C)C)C1. The van der Waals surface area contributed by atoms with Crippen LogP contribution in [0.25, 0.3) is 33.2 Å². The van der Waals surface area contributed by atoms with E-state index in [1.54, 1.807) is 12.0 Å². The van der Waals surface area contributed by atoms with E-state index in [0.29, 0.717) is 31.8 Å². The van der Waals surface area contributed by atoms with Crippen LogP contribution in [0.1, 0.15) is 70.0 Å². The maximum absolute atomic E-state index is 13.2. The lowest BCUT2D eigenvalue weighted by atomic mass is 9.91. The number of carbonyl (C=O) groups is 1. The minimum absolute atomic E-state index is 0.208. The summed E-state index contributed by atoms with van der Waals surface area (Å²) in [6.07, 6.45) is 5.61. The van der Waals surface area contributed by atoms with Gasteiger partial charge in [0.1, 0.15) is 23.8 Å². The molecule has 8 rings (SSSR count). The summed E-state index contributed by atoms with van der Waals surface area (Å²) in [5.41, 5.74) is 8.52. The molecule has 9 heteroatoms. The molecule has 1 aromatic heterocycles. The van der Waals surface area contributed by atoms with E-state index in [0.717, 1.165) is 52.5 Å². The Morgan fingerprint density at radius 3 is 2.71 bits per heavy atom. The van der Waals surface area contributed by atoms with Gasteiger partial charge >= 0.3 is 6.09 Å². The highest BCUT2D eigenvalue weighted by molar-refractivity contribution is 6.05. The molecular formula is C39H45N5O4. The van der Waals surface area contributed by atoms with E-state index in [9.17, 15) is 4.79 Å². The third kappa shape index (κ3) is 5.47. The van der Waals surface area contributed by atoms with Crippen molar-refractivity contribution in [2.45, 2.75) is 83.7 Å². The first-order chi connectivity index (χ1) is 23.1. The first kappa shape index (κ1) is 31.1. The number of fused-ring (bicyclic) bond motifs is 6. The Morgan fingerprint density at radius 1 is 1.08 bits per heavy atom. The zero-order valence-corrected chi connectivity index (χ0v) is 28.8. The Hall–Kier alpha value is -4.21. The molecule has 1 amide bonds. The lowest BCUT2D eigenvalue weighted by Gasteiger charge is -2.27. The van der Waals surface area contributed by atoms with Crippen LogP contribution in [-0.4, -0.2) is 76.6 Å². The van der Waals surface area contributed by atoms with E-state index in [1.807, 2.05) is 27.0 Å². The molecule has 1 unspecified atom stereocenters. The predicted octanol–water partition coefficient (Wildman–Crippen LogP) is 7.85. The average Bonchev–Trinajstić information content (AvgIpc) is 3.86. The molecule has 0 radical (unpaired) electrons. The van der Waals surface area contributed by atoms with Crippen molar-refractivity contribution in [3.63, 3.8) is 0 Å². The Balaban J connectivity index is 1.05. The van der Waals surface area contributed by atoms with Gasteiger partial charge in [0.05, 0.1) is 30.2 Å². The first-order valence-electron chi connectivity index (χ1n) is 17.2. The lowest BCUT2D eigenvalue weighted by molar-refractivity contribution is 0.0208. The number of H-pyrrole nitrogens is 1. The number of ether oxygens (including phenoxy) is 3. The van der Waals surface area contributed by atoms with E-state index in [-0.39, 0.29) is 18.1 Å². The van der Waals surface area contributed by atoms with Crippen molar-refractivity contribution in [3.8, 4) is 28.1 Å². The highest BCUT2D eigenvalue weighted by Gasteiger charge is 2.40. The zero-order chi connectivity index (χ0) is 33.3. The van der Waals surface area contributed by atoms with Crippen LogP contribution in [0.15, 0.2) is 53.7 Å². The summed E-state index contributed by atoms with van der Waals surface area (Å²) in [6, 6.07) is 16.3. The number of rotatable bonds is 5. The molecule has 3 aromatic carbocycles. The summed E-state index contributed by atoms with van der Waals surface area (Å²) in [5, 5.41) is 2.46. The minimum Gasteiger partial charge on any atom is -0.488 e. The maximum atomic E-state index is 13.2. The second kappa shape index (κ2) is 11.7. The molecule has 250 valence electrons. The Labute approximate surface area is 282 Å². The van der Waals surface area contributed by atoms with Crippen LogP contribution in [0.4, 0.5) is 10.5 Å². The summed E-state index contributed by atoms with van der Waals surface area (Å²) in [5.74, 6) is 1.90. The average molecular weight is 648 g/mol. The zero-order valence-electron chi connectivity index (χ0n) is 28.8. The molecule has 4 aromatic rings. The fourth-order valence-electron chi connectivity index (χ4n) is 8.12. The predicted molar refractivity (Wildman–Crippen MR) is 188 cm³/mol. The third-order valence-electron chi connectivity index (χ3n) is 10.7. The monoisotopic (exact) mass is 647 g/mol. The number of carbonyl (C=O) groups excluding carboxylic acids is 1. The number of aromatic amines is 1. The van der Waals surface area contributed by atoms with Crippen molar-refractivity contribution in [1.29, 1.82) is 0 Å². The van der Waals surface area contributed by atoms with Gasteiger partial charge in [-0.3, -0.25) is 14.8 Å². The third-order valence-corrected chi connectivity index (χ3v) is 10.7. The molecule has 2 fully saturated rings. The molecule has 0 aliphatic carbocycles. The van der Waals surface area contributed by atoms with Gasteiger partial charge in [-0.05, 0) is 111 Å². The fourth-order valence-corrected chi connectivity index (χ4v) is 8.12. The Bertz CT molecular complexity index is 1940. The van der Waals surface area contributed by atoms with Crippen LogP contribution in [0.3, 0.4) is 0 Å². The van der Waals surface area contributed by atoms with Crippen LogP contribution >= 0.6 is 0 Å². The van der Waals surface area contributed by atoms with Gasteiger partial charge in [-0.1, -0.05) is 18.2 Å². The lowest BCUT2D eigenvalue weighted by Crippen LogP contribution is -2.37. The van der Waals surface area contributed by atoms with Crippen LogP contribution in [-0.2, 0) is 22.5 Å². The smallest absolute Gasteiger partial charge is 0.410 e. The number of benzene rings is 3. The number of amides is 1. The normalized spacial score (nSPS) is 23.5. The Kier molecular flexibility index (Phi) is 7.60. The quantitative estimate of drug-likeness (QED) is 0.237. The molecule has 4 atom stereocenters. The number of aliphatic imine (C=N–C) groups is 1. The van der Waals surface area contributed by atoms with E-state index >= 15 is 0 Å². The maximum Gasteiger partial charge on any atom is 0.410 e. The highest BCUT2D eigenvalue weighted by atomic mass is 16.6. The van der Waals surface area contributed by atoms with Crippen molar-refractivity contribution < 1.29 is 19.0 Å². The van der Waals surface area contributed by atoms with Crippen LogP contribution in [0.5, 0.6) is 5.75 Å². The molecule has 0 saturated carbocycles. The molecule has 9 nitrogen and oxygen atoms in total. The second-order valence-electron chi connectivity index (χ2n) is 15.1. The number of hydrogen-bond donors (Lipinski definition) is 1. The molecule has 1 N–H and O–H groups in total. The molecule has 0 bridgehead atoms. The van der Waals surface area contributed by atoms with Gasteiger partial charge in [0.2, 0.25) is 0 Å². The summed E-state index contributed by atoms with van der Waals surface area (Å²) >= 11 is 0. The molecular weight excluding hydrogens is 602 g/mol. The number of aromatic nitrogens is 2. The number of nitrogens with zero attached hydrogens (tertiary/aromatic N) is 4. The van der Waals surface area contributed by atoms with Gasteiger partial charge in [0, 0.05) is 49.4 Å². The van der Waals surface area contributed by atoms with E-state index in [1.165, 1.54) is 40.5 Å². The molecule has 2 saturated heterocycles. The summed E-state index contributed by atoms with van der Waals surface area (Å²) < 4.78 is 17.6.